The predicted molar refractivity (Wildman–Crippen MR) is 57.1 cm³/mol. The number of hydrogen-bond donors (Lipinski definition) is 4. The second kappa shape index (κ2) is 4.66. The van der Waals surface area contributed by atoms with Gasteiger partial charge in [0.1, 0.15) is 4.90 Å². The van der Waals surface area contributed by atoms with E-state index in [4.69, 9.17) is 19.9 Å². The van der Waals surface area contributed by atoms with Crippen molar-refractivity contribution in [1.82, 2.24) is 0 Å². The molecule has 1 rings (SSSR count). The number of benzene rings is 1. The zero-order chi connectivity index (χ0) is 15.0. The standard InChI is InChI=1S/C9H6O9S/c10-7(11)3-1-4(8(12)13)6(19(16,17)18)5(2-3)9(14)15/h1-2H,(H,10,11)(H,12,13)(H,14,15)(H,16,17,18). The molecule has 0 fully saturated rings. The lowest BCUT2D eigenvalue weighted by Gasteiger charge is -2.08. The van der Waals surface area contributed by atoms with E-state index in [2.05, 4.69) is 0 Å². The third kappa shape index (κ3) is 2.86. The van der Waals surface area contributed by atoms with Gasteiger partial charge in [0.15, 0.2) is 0 Å². The molecule has 0 saturated heterocycles. The third-order valence-corrected chi connectivity index (χ3v) is 3.01. The minimum absolute atomic E-state index is 0.445. The van der Waals surface area contributed by atoms with Gasteiger partial charge in [-0.05, 0) is 12.1 Å². The first-order chi connectivity index (χ1) is 8.55. The number of carbonyl (C=O) groups is 3. The van der Waals surface area contributed by atoms with E-state index in [9.17, 15) is 22.8 Å². The molecule has 1 aromatic rings. The van der Waals surface area contributed by atoms with Gasteiger partial charge in [0.25, 0.3) is 10.1 Å². The van der Waals surface area contributed by atoms with Gasteiger partial charge in [0, 0.05) is 0 Å². The maximum absolute atomic E-state index is 11.0. The summed E-state index contributed by atoms with van der Waals surface area (Å²) in [5, 5.41) is 26.3. The molecule has 1 aromatic carbocycles. The molecule has 0 heterocycles. The van der Waals surface area contributed by atoms with E-state index in [0.29, 0.717) is 12.1 Å². The Labute approximate surface area is 105 Å². The van der Waals surface area contributed by atoms with Crippen molar-refractivity contribution in [2.24, 2.45) is 0 Å². The Morgan fingerprint density at radius 1 is 0.842 bits per heavy atom. The molecule has 0 unspecified atom stereocenters. The van der Waals surface area contributed by atoms with Crippen LogP contribution >= 0.6 is 0 Å². The Balaban J connectivity index is 3.93. The van der Waals surface area contributed by atoms with E-state index >= 15 is 0 Å². The highest BCUT2D eigenvalue weighted by atomic mass is 32.2. The number of rotatable bonds is 4. The molecule has 0 aliphatic carbocycles. The van der Waals surface area contributed by atoms with Crippen molar-refractivity contribution >= 4 is 28.0 Å². The van der Waals surface area contributed by atoms with Gasteiger partial charge in [-0.25, -0.2) is 14.4 Å². The fourth-order valence-corrected chi connectivity index (χ4v) is 2.20. The van der Waals surface area contributed by atoms with Crippen LogP contribution in [0.15, 0.2) is 17.0 Å². The van der Waals surface area contributed by atoms with Gasteiger partial charge >= 0.3 is 17.9 Å². The van der Waals surface area contributed by atoms with Crippen molar-refractivity contribution in [3.05, 3.63) is 28.8 Å². The number of aromatic carboxylic acids is 3. The van der Waals surface area contributed by atoms with Crippen LogP contribution < -0.4 is 0 Å². The number of carboxylic acids is 3. The third-order valence-electron chi connectivity index (χ3n) is 2.05. The van der Waals surface area contributed by atoms with Crippen molar-refractivity contribution in [3.63, 3.8) is 0 Å². The summed E-state index contributed by atoms with van der Waals surface area (Å²) in [4.78, 5) is 31.1. The van der Waals surface area contributed by atoms with Gasteiger partial charge in [0.05, 0.1) is 16.7 Å². The molecule has 10 heteroatoms. The molecule has 0 atom stereocenters. The molecule has 0 aliphatic heterocycles. The van der Waals surface area contributed by atoms with Crippen molar-refractivity contribution in [1.29, 1.82) is 0 Å². The summed E-state index contributed by atoms with van der Waals surface area (Å²) in [5.74, 6) is -5.43. The molecule has 102 valence electrons. The largest absolute Gasteiger partial charge is 0.478 e. The van der Waals surface area contributed by atoms with Crippen LogP contribution in [-0.4, -0.2) is 46.2 Å². The SMILES string of the molecule is O=C(O)c1cc(C(=O)O)c(S(=O)(=O)O)c(C(=O)O)c1. The average molecular weight is 290 g/mol. The second-order valence-electron chi connectivity index (χ2n) is 3.29. The van der Waals surface area contributed by atoms with Crippen molar-refractivity contribution in [2.75, 3.05) is 0 Å². The Bertz CT molecular complexity index is 651. The molecule has 4 N–H and O–H groups in total. The zero-order valence-electron chi connectivity index (χ0n) is 8.89. The van der Waals surface area contributed by atoms with Crippen LogP contribution in [0.25, 0.3) is 0 Å². The maximum atomic E-state index is 11.0. The summed E-state index contributed by atoms with van der Waals surface area (Å²) >= 11 is 0. The molecule has 0 bridgehead atoms. The van der Waals surface area contributed by atoms with Gasteiger partial charge in [-0.1, -0.05) is 0 Å². The van der Waals surface area contributed by atoms with E-state index in [1.807, 2.05) is 0 Å². The summed E-state index contributed by atoms with van der Waals surface area (Å²) in [6, 6.07) is 0.889. The van der Waals surface area contributed by atoms with E-state index in [-0.39, 0.29) is 0 Å². The first-order valence-electron chi connectivity index (χ1n) is 4.41. The van der Waals surface area contributed by atoms with E-state index < -0.39 is 49.6 Å². The van der Waals surface area contributed by atoms with Crippen molar-refractivity contribution in [2.45, 2.75) is 4.90 Å². The summed E-state index contributed by atoms with van der Waals surface area (Å²) in [7, 11) is -5.15. The van der Waals surface area contributed by atoms with Gasteiger partial charge in [0.2, 0.25) is 0 Å². The number of carboxylic acid groups (broad SMARTS) is 3. The highest BCUT2D eigenvalue weighted by Crippen LogP contribution is 2.23. The normalized spacial score (nSPS) is 11.0. The van der Waals surface area contributed by atoms with Crippen LogP contribution in [0.5, 0.6) is 0 Å². The summed E-state index contributed by atoms with van der Waals surface area (Å²) in [6.07, 6.45) is 0. The molecule has 0 radical (unpaired) electrons. The minimum Gasteiger partial charge on any atom is -0.478 e. The van der Waals surface area contributed by atoms with Crippen LogP contribution in [-0.2, 0) is 10.1 Å². The lowest BCUT2D eigenvalue weighted by Crippen LogP contribution is -2.16. The topological polar surface area (TPSA) is 166 Å². The number of hydrogen-bond acceptors (Lipinski definition) is 5. The molecule has 0 aliphatic rings. The lowest BCUT2D eigenvalue weighted by molar-refractivity contribution is 0.0688. The molecular formula is C9H6O9S. The minimum atomic E-state index is -5.15. The summed E-state index contributed by atoms with van der Waals surface area (Å²) in [6.45, 7) is 0. The quantitative estimate of drug-likeness (QED) is 0.559. The highest BCUT2D eigenvalue weighted by molar-refractivity contribution is 7.86. The van der Waals surface area contributed by atoms with Crippen LogP contribution in [0.1, 0.15) is 31.1 Å². The van der Waals surface area contributed by atoms with Crippen molar-refractivity contribution in [3.8, 4) is 0 Å². The maximum Gasteiger partial charge on any atom is 0.337 e. The molecule has 19 heavy (non-hydrogen) atoms. The lowest BCUT2D eigenvalue weighted by atomic mass is 10.1. The van der Waals surface area contributed by atoms with Crippen LogP contribution in [0.2, 0.25) is 0 Å². The molecular weight excluding hydrogens is 284 g/mol. The van der Waals surface area contributed by atoms with Gasteiger partial charge in [-0.15, -0.1) is 0 Å². The summed E-state index contributed by atoms with van der Waals surface area (Å²) < 4.78 is 31.0. The fourth-order valence-electron chi connectivity index (χ4n) is 1.35. The smallest absolute Gasteiger partial charge is 0.337 e. The van der Waals surface area contributed by atoms with Crippen LogP contribution in [0.4, 0.5) is 0 Å². The average Bonchev–Trinajstić information content (AvgIpc) is 2.25. The first-order valence-corrected chi connectivity index (χ1v) is 5.85. The highest BCUT2D eigenvalue weighted by Gasteiger charge is 2.29. The molecule has 0 saturated carbocycles. The van der Waals surface area contributed by atoms with Gasteiger partial charge < -0.3 is 15.3 Å². The van der Waals surface area contributed by atoms with Gasteiger partial charge in [-0.3, -0.25) is 4.55 Å². The van der Waals surface area contributed by atoms with Crippen LogP contribution in [0, 0.1) is 0 Å². The first kappa shape index (κ1) is 14.6. The monoisotopic (exact) mass is 290 g/mol. The Hall–Kier alpha value is -2.46. The van der Waals surface area contributed by atoms with Gasteiger partial charge in [-0.2, -0.15) is 8.42 Å². The van der Waals surface area contributed by atoms with Crippen LogP contribution in [0.3, 0.4) is 0 Å². The molecule has 0 aromatic heterocycles. The van der Waals surface area contributed by atoms with Crippen molar-refractivity contribution < 1.29 is 42.7 Å². The Morgan fingerprint density at radius 3 is 1.42 bits per heavy atom. The molecule has 0 spiro atoms. The molecule has 9 nitrogen and oxygen atoms in total. The molecule has 0 amide bonds. The second-order valence-corrected chi connectivity index (χ2v) is 4.65. The Morgan fingerprint density at radius 2 is 1.21 bits per heavy atom. The zero-order valence-corrected chi connectivity index (χ0v) is 9.71. The van der Waals surface area contributed by atoms with E-state index in [1.165, 1.54) is 0 Å². The fraction of sp³-hybridized carbons (Fsp3) is 0. The van der Waals surface area contributed by atoms with E-state index in [1.54, 1.807) is 0 Å². The Kier molecular flexibility index (Phi) is 3.58. The van der Waals surface area contributed by atoms with E-state index in [0.717, 1.165) is 0 Å². The summed E-state index contributed by atoms with van der Waals surface area (Å²) in [5.41, 5.74) is -3.01. The predicted octanol–water partition coefficient (Wildman–Crippen LogP) is 0.0279.